The summed E-state index contributed by atoms with van der Waals surface area (Å²) in [6, 6.07) is 11.4. The van der Waals surface area contributed by atoms with E-state index in [0.717, 1.165) is 21.6 Å². The van der Waals surface area contributed by atoms with Crippen molar-refractivity contribution in [2.24, 2.45) is 0 Å². The maximum absolute atomic E-state index is 5.34. The second kappa shape index (κ2) is 5.79. The second-order valence-corrected chi connectivity index (χ2v) is 5.55. The molecule has 0 unspecified atom stereocenters. The van der Waals surface area contributed by atoms with Crippen LogP contribution in [0.2, 0.25) is 0 Å². The molecule has 0 amide bonds. The van der Waals surface area contributed by atoms with Crippen molar-refractivity contribution in [1.29, 1.82) is 0 Å². The SMILES string of the molecule is COc1cc(Br)cc(-n2c(-c3ccccn3)n[nH]c2=S)c1. The van der Waals surface area contributed by atoms with Crippen LogP contribution >= 0.6 is 28.1 Å². The van der Waals surface area contributed by atoms with Crippen LogP contribution in [0.4, 0.5) is 0 Å². The third-order valence-electron chi connectivity index (χ3n) is 2.92. The van der Waals surface area contributed by atoms with Crippen LogP contribution in [0.1, 0.15) is 0 Å². The molecular formula is C14H11BrN4OS. The topological polar surface area (TPSA) is 55.7 Å². The first-order valence-corrected chi connectivity index (χ1v) is 7.33. The summed E-state index contributed by atoms with van der Waals surface area (Å²) in [4.78, 5) is 4.32. The summed E-state index contributed by atoms with van der Waals surface area (Å²) in [5.74, 6) is 1.38. The molecule has 21 heavy (non-hydrogen) atoms. The molecule has 0 radical (unpaired) electrons. The molecule has 0 aliphatic heterocycles. The van der Waals surface area contributed by atoms with Crippen molar-refractivity contribution < 1.29 is 4.74 Å². The molecule has 0 bridgehead atoms. The number of hydrogen-bond acceptors (Lipinski definition) is 4. The molecule has 3 aromatic rings. The average molecular weight is 363 g/mol. The van der Waals surface area contributed by atoms with E-state index in [0.29, 0.717) is 10.6 Å². The van der Waals surface area contributed by atoms with E-state index >= 15 is 0 Å². The van der Waals surface area contributed by atoms with E-state index in [9.17, 15) is 0 Å². The number of methoxy groups -OCH3 is 1. The normalized spacial score (nSPS) is 10.6. The lowest BCUT2D eigenvalue weighted by atomic mass is 10.2. The number of pyridine rings is 1. The van der Waals surface area contributed by atoms with Gasteiger partial charge in [-0.05, 0) is 36.5 Å². The maximum atomic E-state index is 5.34. The number of nitrogens with zero attached hydrogens (tertiary/aromatic N) is 3. The van der Waals surface area contributed by atoms with Crippen molar-refractivity contribution >= 4 is 28.1 Å². The number of hydrogen-bond donors (Lipinski definition) is 1. The van der Waals surface area contributed by atoms with Crippen molar-refractivity contribution in [2.45, 2.75) is 0 Å². The molecule has 0 aliphatic rings. The molecule has 3 rings (SSSR count). The highest BCUT2D eigenvalue weighted by molar-refractivity contribution is 9.10. The smallest absolute Gasteiger partial charge is 0.200 e. The molecule has 0 saturated heterocycles. The molecule has 7 heteroatoms. The molecule has 0 spiro atoms. The van der Waals surface area contributed by atoms with E-state index in [-0.39, 0.29) is 0 Å². The van der Waals surface area contributed by atoms with Gasteiger partial charge in [0.2, 0.25) is 0 Å². The predicted molar refractivity (Wildman–Crippen MR) is 86.2 cm³/mol. The van der Waals surface area contributed by atoms with E-state index in [1.165, 1.54) is 0 Å². The summed E-state index contributed by atoms with van der Waals surface area (Å²) < 4.78 is 8.51. The van der Waals surface area contributed by atoms with Crippen molar-refractivity contribution in [3.8, 4) is 23.0 Å². The fourth-order valence-electron chi connectivity index (χ4n) is 2.00. The van der Waals surface area contributed by atoms with Crippen LogP contribution in [0.5, 0.6) is 5.75 Å². The summed E-state index contributed by atoms with van der Waals surface area (Å²) in [7, 11) is 1.62. The lowest BCUT2D eigenvalue weighted by Crippen LogP contribution is -1.99. The molecule has 0 aliphatic carbocycles. The van der Waals surface area contributed by atoms with Crippen LogP contribution in [-0.2, 0) is 0 Å². The van der Waals surface area contributed by atoms with E-state index in [1.54, 1.807) is 13.3 Å². The number of aromatic nitrogens is 4. The molecule has 106 valence electrons. The molecule has 0 fully saturated rings. The fourth-order valence-corrected chi connectivity index (χ4v) is 2.70. The van der Waals surface area contributed by atoms with Crippen LogP contribution in [0.15, 0.2) is 47.1 Å². The Bertz CT molecular complexity index is 828. The number of nitrogens with one attached hydrogen (secondary N) is 1. The Kier molecular flexibility index (Phi) is 3.85. The zero-order valence-corrected chi connectivity index (χ0v) is 13.5. The number of benzene rings is 1. The van der Waals surface area contributed by atoms with Gasteiger partial charge < -0.3 is 4.74 Å². The Morgan fingerprint density at radius 1 is 1.29 bits per heavy atom. The number of halogens is 1. The van der Waals surface area contributed by atoms with Crippen LogP contribution in [-0.4, -0.2) is 26.9 Å². The molecule has 1 N–H and O–H groups in total. The highest BCUT2D eigenvalue weighted by atomic mass is 79.9. The number of H-pyrrole nitrogens is 1. The van der Waals surface area contributed by atoms with Crippen LogP contribution in [0, 0.1) is 4.77 Å². The Hall–Kier alpha value is -1.99. The third-order valence-corrected chi connectivity index (χ3v) is 3.65. The van der Waals surface area contributed by atoms with Crippen molar-refractivity contribution in [2.75, 3.05) is 7.11 Å². The molecular weight excluding hydrogens is 352 g/mol. The van der Waals surface area contributed by atoms with Gasteiger partial charge in [-0.2, -0.15) is 5.10 Å². The number of aromatic amines is 1. The largest absolute Gasteiger partial charge is 0.497 e. The minimum Gasteiger partial charge on any atom is -0.497 e. The van der Waals surface area contributed by atoms with Crippen LogP contribution in [0.25, 0.3) is 17.2 Å². The second-order valence-electron chi connectivity index (χ2n) is 4.25. The zero-order chi connectivity index (χ0) is 14.8. The van der Waals surface area contributed by atoms with Crippen molar-refractivity contribution in [1.82, 2.24) is 19.7 Å². The summed E-state index contributed by atoms with van der Waals surface area (Å²) in [6.07, 6.45) is 1.72. The highest BCUT2D eigenvalue weighted by Gasteiger charge is 2.12. The summed E-state index contributed by atoms with van der Waals surface area (Å²) >= 11 is 8.81. The van der Waals surface area contributed by atoms with Gasteiger partial charge in [0.1, 0.15) is 11.4 Å². The lowest BCUT2D eigenvalue weighted by Gasteiger charge is -2.09. The van der Waals surface area contributed by atoms with Gasteiger partial charge in [-0.3, -0.25) is 14.6 Å². The van der Waals surface area contributed by atoms with E-state index in [2.05, 4.69) is 31.1 Å². The Balaban J connectivity index is 2.22. The van der Waals surface area contributed by atoms with Crippen LogP contribution < -0.4 is 4.74 Å². The first-order chi connectivity index (χ1) is 10.2. The maximum Gasteiger partial charge on any atom is 0.200 e. The molecule has 1 aromatic carbocycles. The monoisotopic (exact) mass is 362 g/mol. The van der Waals surface area contributed by atoms with Gasteiger partial charge in [-0.15, -0.1) is 0 Å². The predicted octanol–water partition coefficient (Wildman–Crippen LogP) is 3.76. The molecule has 0 saturated carbocycles. The van der Waals surface area contributed by atoms with Gasteiger partial charge in [0.05, 0.1) is 12.8 Å². The molecule has 2 heterocycles. The minimum atomic E-state index is 0.496. The van der Waals surface area contributed by atoms with E-state index < -0.39 is 0 Å². The van der Waals surface area contributed by atoms with Crippen molar-refractivity contribution in [3.63, 3.8) is 0 Å². The first-order valence-electron chi connectivity index (χ1n) is 6.13. The van der Waals surface area contributed by atoms with Gasteiger partial charge in [0.15, 0.2) is 10.6 Å². The third kappa shape index (κ3) is 2.74. The van der Waals surface area contributed by atoms with Crippen molar-refractivity contribution in [3.05, 3.63) is 51.8 Å². The lowest BCUT2D eigenvalue weighted by molar-refractivity contribution is 0.414. The van der Waals surface area contributed by atoms with E-state index in [4.69, 9.17) is 17.0 Å². The minimum absolute atomic E-state index is 0.496. The van der Waals surface area contributed by atoms with Gasteiger partial charge >= 0.3 is 0 Å². The highest BCUT2D eigenvalue weighted by Crippen LogP contribution is 2.26. The number of ether oxygens (including phenoxy) is 1. The Labute approximate surface area is 134 Å². The quantitative estimate of drug-likeness (QED) is 0.720. The Morgan fingerprint density at radius 2 is 2.14 bits per heavy atom. The fraction of sp³-hybridized carbons (Fsp3) is 0.0714. The van der Waals surface area contributed by atoms with E-state index in [1.807, 2.05) is 41.0 Å². The molecule has 5 nitrogen and oxygen atoms in total. The van der Waals surface area contributed by atoms with Gasteiger partial charge in [0, 0.05) is 16.7 Å². The summed E-state index contributed by atoms with van der Waals surface area (Å²) in [5, 5.41) is 7.09. The summed E-state index contributed by atoms with van der Waals surface area (Å²) in [5.41, 5.74) is 1.59. The Morgan fingerprint density at radius 3 is 2.86 bits per heavy atom. The van der Waals surface area contributed by atoms with Gasteiger partial charge in [-0.1, -0.05) is 22.0 Å². The zero-order valence-electron chi connectivity index (χ0n) is 11.1. The summed E-state index contributed by atoms with van der Waals surface area (Å²) in [6.45, 7) is 0. The van der Waals surface area contributed by atoms with Gasteiger partial charge in [-0.25, -0.2) is 0 Å². The number of rotatable bonds is 3. The molecule has 2 aromatic heterocycles. The van der Waals surface area contributed by atoms with Crippen LogP contribution in [0.3, 0.4) is 0 Å². The first kappa shape index (κ1) is 14.0. The average Bonchev–Trinajstić information content (AvgIpc) is 2.89. The van der Waals surface area contributed by atoms with Gasteiger partial charge in [0.25, 0.3) is 0 Å². The standard InChI is InChI=1S/C14H11BrN4OS/c1-20-11-7-9(15)6-10(8-11)19-13(17-18-14(19)21)12-4-2-3-5-16-12/h2-8H,1H3,(H,18,21). The molecule has 0 atom stereocenters.